The van der Waals surface area contributed by atoms with Gasteiger partial charge in [-0.3, -0.25) is 4.79 Å². The van der Waals surface area contributed by atoms with Crippen LogP contribution in [0.5, 0.6) is 11.5 Å². The van der Waals surface area contributed by atoms with E-state index < -0.39 is 18.5 Å². The van der Waals surface area contributed by atoms with Crippen molar-refractivity contribution in [2.24, 2.45) is 0 Å². The predicted octanol–water partition coefficient (Wildman–Crippen LogP) is 6.38. The molecule has 2 aromatic rings. The summed E-state index contributed by atoms with van der Waals surface area (Å²) in [5, 5.41) is -1.20. The maximum atomic E-state index is 14.2. The summed E-state index contributed by atoms with van der Waals surface area (Å²) in [5.74, 6) is 0.466. The van der Waals surface area contributed by atoms with E-state index in [-0.39, 0.29) is 11.3 Å². The number of Topliss-reactive ketones (excluding diaryl/α,β-unsaturated/α-hetero) is 1. The van der Waals surface area contributed by atoms with E-state index in [9.17, 15) is 14.2 Å². The molecule has 0 aromatic heterocycles. The molecule has 0 amide bonds. The number of methoxy groups -OCH3 is 2. The van der Waals surface area contributed by atoms with Crippen LogP contribution in [0.15, 0.2) is 36.4 Å². The second-order valence-corrected chi connectivity index (χ2v) is 10.1. The van der Waals surface area contributed by atoms with E-state index in [1.54, 1.807) is 18.2 Å². The largest absolute Gasteiger partial charge is 0.496 e. The Bertz CT molecular complexity index is 976. The predicted molar refractivity (Wildman–Crippen MR) is 127 cm³/mol. The van der Waals surface area contributed by atoms with Crippen molar-refractivity contribution >= 4 is 19.1 Å². The number of aryl methyl sites for hydroxylation is 2. The third-order valence-electron chi connectivity index (χ3n) is 6.54. The normalized spacial score (nSPS) is 15.7. The maximum absolute atomic E-state index is 14.2. The first kappa shape index (κ1) is 24.1. The molecule has 0 N–H and O–H groups in total. The van der Waals surface area contributed by atoms with Crippen LogP contribution >= 0.6 is 7.80 Å². The summed E-state index contributed by atoms with van der Waals surface area (Å²) < 4.78 is 24.8. The fourth-order valence-corrected chi connectivity index (χ4v) is 6.61. The van der Waals surface area contributed by atoms with Gasteiger partial charge in [-0.05, 0) is 48.9 Å². The molecule has 3 rings (SSSR count). The van der Waals surface area contributed by atoms with Crippen LogP contribution in [0.1, 0.15) is 77.8 Å². The smallest absolute Gasteiger partial charge is 0.434 e. The minimum absolute atomic E-state index is 0.144. The van der Waals surface area contributed by atoms with Gasteiger partial charge in [-0.1, -0.05) is 49.1 Å². The molecule has 0 aliphatic heterocycles. The summed E-state index contributed by atoms with van der Waals surface area (Å²) in [6.45, 7) is 4.04. The van der Waals surface area contributed by atoms with Crippen LogP contribution in [-0.2, 0) is 17.4 Å². The van der Waals surface area contributed by atoms with Crippen LogP contribution in [0.3, 0.4) is 0 Å². The Hall–Kier alpha value is -2.52. The standard InChI is InChI=1S/C26H32O5P/c1-5-18-12-10-13-19(6-2)22(18)24(27)26(16-8-7-9-17-26)32(29)25(28)23-20(30-3)14-11-15-21(23)31-4/h10-15H,5-9,16-17H2,1-4H3/q+1. The highest BCUT2D eigenvalue weighted by molar-refractivity contribution is 7.67. The second-order valence-electron chi connectivity index (χ2n) is 8.22. The molecule has 1 fully saturated rings. The Morgan fingerprint density at radius 1 is 0.844 bits per heavy atom. The third-order valence-corrected chi connectivity index (χ3v) is 8.56. The number of carbonyl (C=O) groups excluding carboxylic acids is 2. The molecule has 6 heteroatoms. The van der Waals surface area contributed by atoms with Crippen molar-refractivity contribution in [2.45, 2.75) is 63.9 Å². The molecule has 1 aliphatic rings. The zero-order chi connectivity index (χ0) is 23.3. The highest BCUT2D eigenvalue weighted by Crippen LogP contribution is 2.54. The quantitative estimate of drug-likeness (QED) is 0.324. The number of ketones is 1. The number of ether oxygens (including phenoxy) is 2. The Morgan fingerprint density at radius 3 is 1.81 bits per heavy atom. The molecular weight excluding hydrogens is 423 g/mol. The van der Waals surface area contributed by atoms with Crippen LogP contribution in [0.25, 0.3) is 0 Å². The Labute approximate surface area is 191 Å². The average Bonchev–Trinajstić information content (AvgIpc) is 2.86. The van der Waals surface area contributed by atoms with Gasteiger partial charge in [-0.2, -0.15) is 0 Å². The van der Waals surface area contributed by atoms with Gasteiger partial charge in [0.2, 0.25) is 10.9 Å². The lowest BCUT2D eigenvalue weighted by Crippen LogP contribution is -2.39. The number of hydrogen-bond acceptors (Lipinski definition) is 5. The molecular formula is C26H32O5P+. The molecule has 1 saturated carbocycles. The van der Waals surface area contributed by atoms with Gasteiger partial charge < -0.3 is 9.47 Å². The van der Waals surface area contributed by atoms with E-state index in [0.717, 1.165) is 30.4 Å². The molecule has 0 heterocycles. The summed E-state index contributed by atoms with van der Waals surface area (Å²) >= 11 is 0. The molecule has 32 heavy (non-hydrogen) atoms. The van der Waals surface area contributed by atoms with Crippen molar-refractivity contribution in [1.29, 1.82) is 0 Å². The van der Waals surface area contributed by atoms with Crippen molar-refractivity contribution in [2.75, 3.05) is 14.2 Å². The van der Waals surface area contributed by atoms with Crippen molar-refractivity contribution in [3.8, 4) is 11.5 Å². The molecule has 0 saturated heterocycles. The molecule has 0 spiro atoms. The van der Waals surface area contributed by atoms with E-state index in [1.807, 2.05) is 32.0 Å². The van der Waals surface area contributed by atoms with Crippen molar-refractivity contribution in [3.05, 3.63) is 58.7 Å². The van der Waals surface area contributed by atoms with E-state index in [4.69, 9.17) is 9.47 Å². The molecule has 0 radical (unpaired) electrons. The van der Waals surface area contributed by atoms with Gasteiger partial charge in [0, 0.05) is 18.4 Å². The number of carbonyl (C=O) groups is 2. The Kier molecular flexibility index (Phi) is 7.84. The van der Waals surface area contributed by atoms with E-state index in [1.165, 1.54) is 14.2 Å². The van der Waals surface area contributed by atoms with Crippen molar-refractivity contribution in [1.82, 2.24) is 0 Å². The minimum atomic E-state index is -2.56. The Balaban J connectivity index is 2.15. The van der Waals surface area contributed by atoms with Gasteiger partial charge in [0.15, 0.2) is 5.56 Å². The fourth-order valence-electron chi connectivity index (χ4n) is 4.78. The lowest BCUT2D eigenvalue weighted by molar-refractivity contribution is 0.0901. The third kappa shape index (κ3) is 4.23. The first-order valence-corrected chi connectivity index (χ1v) is 12.6. The maximum Gasteiger partial charge on any atom is 0.434 e. The van der Waals surface area contributed by atoms with Gasteiger partial charge in [-0.15, -0.1) is 0 Å². The van der Waals surface area contributed by atoms with Crippen LogP contribution in [0, 0.1) is 0 Å². The van der Waals surface area contributed by atoms with E-state index >= 15 is 0 Å². The molecule has 0 bridgehead atoms. The second kappa shape index (κ2) is 10.4. The van der Waals surface area contributed by atoms with E-state index in [0.29, 0.717) is 42.7 Å². The monoisotopic (exact) mass is 455 g/mol. The van der Waals surface area contributed by atoms with Gasteiger partial charge in [0.1, 0.15) is 11.5 Å². The first-order valence-electron chi connectivity index (χ1n) is 11.3. The topological polar surface area (TPSA) is 69.7 Å². The zero-order valence-corrected chi connectivity index (χ0v) is 20.3. The molecule has 5 nitrogen and oxygen atoms in total. The van der Waals surface area contributed by atoms with Crippen LogP contribution < -0.4 is 9.47 Å². The average molecular weight is 456 g/mol. The van der Waals surface area contributed by atoms with Gasteiger partial charge in [0.05, 0.1) is 14.2 Å². The van der Waals surface area contributed by atoms with Crippen molar-refractivity contribution in [3.63, 3.8) is 0 Å². The van der Waals surface area contributed by atoms with Crippen molar-refractivity contribution < 1.29 is 23.6 Å². The lowest BCUT2D eigenvalue weighted by Gasteiger charge is -2.28. The van der Waals surface area contributed by atoms with E-state index in [2.05, 4.69) is 0 Å². The molecule has 170 valence electrons. The first-order chi connectivity index (χ1) is 15.4. The zero-order valence-electron chi connectivity index (χ0n) is 19.4. The molecule has 2 aromatic carbocycles. The van der Waals surface area contributed by atoms with Gasteiger partial charge >= 0.3 is 13.3 Å². The van der Waals surface area contributed by atoms with Crippen LogP contribution in [0.2, 0.25) is 0 Å². The fraction of sp³-hybridized carbons (Fsp3) is 0.462. The van der Waals surface area contributed by atoms with Crippen LogP contribution in [0.4, 0.5) is 0 Å². The number of rotatable bonds is 9. The van der Waals surface area contributed by atoms with Gasteiger partial charge in [-0.25, -0.2) is 4.79 Å². The van der Waals surface area contributed by atoms with Crippen LogP contribution in [-0.4, -0.2) is 30.7 Å². The molecule has 1 aliphatic carbocycles. The number of benzene rings is 2. The van der Waals surface area contributed by atoms with Gasteiger partial charge in [0.25, 0.3) is 0 Å². The molecule has 1 unspecified atom stereocenters. The minimum Gasteiger partial charge on any atom is -0.496 e. The summed E-state index contributed by atoms with van der Waals surface area (Å²) in [6, 6.07) is 10.9. The number of hydrogen-bond donors (Lipinski definition) is 0. The highest BCUT2D eigenvalue weighted by atomic mass is 31.1. The summed E-state index contributed by atoms with van der Waals surface area (Å²) in [6.07, 6.45) is 4.83. The molecule has 1 atom stereocenters. The summed E-state index contributed by atoms with van der Waals surface area (Å²) in [4.78, 5) is 27.8. The summed E-state index contributed by atoms with van der Waals surface area (Å²) in [5.41, 5.74) is 2.13. The lowest BCUT2D eigenvalue weighted by atomic mass is 9.80. The SMILES string of the molecule is CCc1cccc(CC)c1C(=O)C1([P+](=O)C(=O)c2c(OC)cccc2OC)CCCCC1. The Morgan fingerprint density at radius 2 is 1.34 bits per heavy atom. The highest BCUT2D eigenvalue weighted by Gasteiger charge is 2.61. The summed E-state index contributed by atoms with van der Waals surface area (Å²) in [7, 11) is 0.366.